The highest BCUT2D eigenvalue weighted by molar-refractivity contribution is 6.30. The standard InChI is InChI=1S/C21H19ClN4O2/c22-17-8-6-16(7-9-17)20(27)24-12-14-25(15-13-24)21(28)19-10-11-26(23-19)18-4-2-1-3-5-18/h1-11H,12-15H2. The average molecular weight is 395 g/mol. The lowest BCUT2D eigenvalue weighted by Crippen LogP contribution is -2.50. The van der Waals surface area contributed by atoms with Gasteiger partial charge in [0.1, 0.15) is 0 Å². The van der Waals surface area contributed by atoms with Crippen LogP contribution in [0.3, 0.4) is 0 Å². The van der Waals surface area contributed by atoms with Crippen LogP contribution in [0.25, 0.3) is 5.69 Å². The number of piperazine rings is 1. The summed E-state index contributed by atoms with van der Waals surface area (Å²) in [7, 11) is 0. The van der Waals surface area contributed by atoms with Crippen LogP contribution in [0.2, 0.25) is 5.02 Å². The Morgan fingerprint density at radius 3 is 2.04 bits per heavy atom. The van der Waals surface area contributed by atoms with Crippen molar-refractivity contribution in [3.8, 4) is 5.69 Å². The number of hydrogen-bond donors (Lipinski definition) is 0. The van der Waals surface area contributed by atoms with E-state index in [1.807, 2.05) is 30.3 Å². The van der Waals surface area contributed by atoms with Gasteiger partial charge >= 0.3 is 0 Å². The van der Waals surface area contributed by atoms with Gasteiger partial charge in [0.2, 0.25) is 0 Å². The summed E-state index contributed by atoms with van der Waals surface area (Å²) in [6.45, 7) is 1.95. The fourth-order valence-electron chi connectivity index (χ4n) is 3.21. The van der Waals surface area contributed by atoms with Gasteiger partial charge in [0.15, 0.2) is 5.69 Å². The maximum atomic E-state index is 12.8. The summed E-state index contributed by atoms with van der Waals surface area (Å²) in [5.74, 6) is -0.162. The molecule has 0 saturated carbocycles. The zero-order valence-electron chi connectivity index (χ0n) is 15.2. The summed E-state index contributed by atoms with van der Waals surface area (Å²) < 4.78 is 1.69. The van der Waals surface area contributed by atoms with Crippen LogP contribution < -0.4 is 0 Å². The molecule has 7 heteroatoms. The minimum absolute atomic E-state index is 0.0443. The average Bonchev–Trinajstić information content (AvgIpc) is 3.24. The predicted molar refractivity (Wildman–Crippen MR) is 107 cm³/mol. The van der Waals surface area contributed by atoms with Gasteiger partial charge in [0, 0.05) is 43.0 Å². The third kappa shape index (κ3) is 3.77. The number of amides is 2. The molecule has 0 spiro atoms. The molecule has 1 aromatic heterocycles. The molecule has 142 valence electrons. The maximum Gasteiger partial charge on any atom is 0.274 e. The van der Waals surface area contributed by atoms with E-state index in [2.05, 4.69) is 5.10 Å². The van der Waals surface area contributed by atoms with Crippen LogP contribution in [-0.4, -0.2) is 57.6 Å². The first-order chi connectivity index (χ1) is 13.6. The Morgan fingerprint density at radius 2 is 1.39 bits per heavy atom. The summed E-state index contributed by atoms with van der Waals surface area (Å²) >= 11 is 5.88. The van der Waals surface area contributed by atoms with Crippen molar-refractivity contribution in [1.82, 2.24) is 19.6 Å². The Morgan fingerprint density at radius 1 is 0.786 bits per heavy atom. The Hall–Kier alpha value is -3.12. The Kier molecular flexibility index (Phi) is 5.12. The van der Waals surface area contributed by atoms with E-state index in [0.717, 1.165) is 5.69 Å². The second-order valence-corrected chi connectivity index (χ2v) is 7.01. The van der Waals surface area contributed by atoms with Gasteiger partial charge in [-0.15, -0.1) is 0 Å². The highest BCUT2D eigenvalue weighted by Gasteiger charge is 2.26. The number of carbonyl (C=O) groups is 2. The fourth-order valence-corrected chi connectivity index (χ4v) is 3.34. The second-order valence-electron chi connectivity index (χ2n) is 6.57. The van der Waals surface area contributed by atoms with Crippen LogP contribution in [0, 0.1) is 0 Å². The van der Waals surface area contributed by atoms with Crippen molar-refractivity contribution in [3.63, 3.8) is 0 Å². The van der Waals surface area contributed by atoms with Gasteiger partial charge < -0.3 is 9.80 Å². The van der Waals surface area contributed by atoms with Gasteiger partial charge in [-0.3, -0.25) is 9.59 Å². The van der Waals surface area contributed by atoms with Crippen LogP contribution in [0.4, 0.5) is 0 Å². The second kappa shape index (κ2) is 7.86. The molecule has 0 unspecified atom stereocenters. The molecule has 0 bridgehead atoms. The number of nitrogens with zero attached hydrogens (tertiary/aromatic N) is 4. The summed E-state index contributed by atoms with van der Waals surface area (Å²) in [6.07, 6.45) is 1.78. The van der Waals surface area contributed by atoms with Gasteiger partial charge in [0.05, 0.1) is 5.69 Å². The van der Waals surface area contributed by atoms with Crippen molar-refractivity contribution in [3.05, 3.63) is 83.1 Å². The smallest absolute Gasteiger partial charge is 0.274 e. The van der Waals surface area contributed by atoms with Crippen molar-refractivity contribution in [2.45, 2.75) is 0 Å². The molecule has 1 saturated heterocycles. The highest BCUT2D eigenvalue weighted by Crippen LogP contribution is 2.15. The molecular weight excluding hydrogens is 376 g/mol. The minimum Gasteiger partial charge on any atom is -0.335 e. The van der Waals surface area contributed by atoms with E-state index in [1.54, 1.807) is 51.0 Å². The molecule has 2 amide bonds. The molecule has 4 rings (SSSR count). The molecule has 1 aliphatic heterocycles. The van der Waals surface area contributed by atoms with Crippen LogP contribution in [0.5, 0.6) is 0 Å². The monoisotopic (exact) mass is 394 g/mol. The van der Waals surface area contributed by atoms with E-state index in [4.69, 9.17) is 11.6 Å². The topological polar surface area (TPSA) is 58.4 Å². The van der Waals surface area contributed by atoms with Gasteiger partial charge in [-0.25, -0.2) is 4.68 Å². The SMILES string of the molecule is O=C(c1ccc(Cl)cc1)N1CCN(C(=O)c2ccn(-c3ccccc3)n2)CC1. The highest BCUT2D eigenvalue weighted by atomic mass is 35.5. The predicted octanol–water partition coefficient (Wildman–Crippen LogP) is 3.12. The molecule has 1 aliphatic rings. The molecule has 0 atom stereocenters. The van der Waals surface area contributed by atoms with Gasteiger partial charge in [-0.05, 0) is 42.5 Å². The maximum absolute atomic E-state index is 12.8. The molecule has 0 N–H and O–H groups in total. The summed E-state index contributed by atoms with van der Waals surface area (Å²) in [5.41, 5.74) is 1.91. The molecule has 2 aromatic carbocycles. The van der Waals surface area contributed by atoms with Crippen molar-refractivity contribution >= 4 is 23.4 Å². The molecule has 0 radical (unpaired) electrons. The van der Waals surface area contributed by atoms with E-state index in [1.165, 1.54) is 0 Å². The van der Waals surface area contributed by atoms with Gasteiger partial charge in [0.25, 0.3) is 11.8 Å². The fraction of sp³-hybridized carbons (Fsp3) is 0.190. The number of para-hydroxylation sites is 1. The normalized spacial score (nSPS) is 14.2. The van der Waals surface area contributed by atoms with Crippen molar-refractivity contribution in [2.75, 3.05) is 26.2 Å². The summed E-state index contributed by atoms with van der Waals surface area (Å²) in [6, 6.07) is 18.2. The first-order valence-electron chi connectivity index (χ1n) is 9.07. The zero-order valence-corrected chi connectivity index (χ0v) is 15.9. The van der Waals surface area contributed by atoms with Crippen LogP contribution >= 0.6 is 11.6 Å². The van der Waals surface area contributed by atoms with E-state index < -0.39 is 0 Å². The van der Waals surface area contributed by atoms with Crippen LogP contribution in [0.1, 0.15) is 20.8 Å². The van der Waals surface area contributed by atoms with E-state index in [0.29, 0.717) is 42.5 Å². The van der Waals surface area contributed by atoms with Crippen molar-refractivity contribution in [2.24, 2.45) is 0 Å². The number of rotatable bonds is 3. The Balaban J connectivity index is 1.38. The Bertz CT molecular complexity index is 977. The van der Waals surface area contributed by atoms with Gasteiger partial charge in [-0.1, -0.05) is 29.8 Å². The number of hydrogen-bond acceptors (Lipinski definition) is 3. The van der Waals surface area contributed by atoms with Crippen LogP contribution in [-0.2, 0) is 0 Å². The lowest BCUT2D eigenvalue weighted by Gasteiger charge is -2.34. The molecule has 2 heterocycles. The lowest BCUT2D eigenvalue weighted by atomic mass is 10.2. The van der Waals surface area contributed by atoms with E-state index in [-0.39, 0.29) is 11.8 Å². The molecule has 3 aromatic rings. The molecular formula is C21H19ClN4O2. The largest absolute Gasteiger partial charge is 0.335 e. The first-order valence-corrected chi connectivity index (χ1v) is 9.45. The number of halogens is 1. The minimum atomic E-state index is -0.117. The van der Waals surface area contributed by atoms with Crippen LogP contribution in [0.15, 0.2) is 66.9 Å². The molecule has 28 heavy (non-hydrogen) atoms. The molecule has 0 aliphatic carbocycles. The summed E-state index contributed by atoms with van der Waals surface area (Å²) in [4.78, 5) is 28.8. The molecule has 6 nitrogen and oxygen atoms in total. The zero-order chi connectivity index (χ0) is 19.5. The van der Waals surface area contributed by atoms with Crippen molar-refractivity contribution in [1.29, 1.82) is 0 Å². The number of aromatic nitrogens is 2. The first kappa shape index (κ1) is 18.3. The third-order valence-electron chi connectivity index (χ3n) is 4.77. The quantitative estimate of drug-likeness (QED) is 0.685. The third-order valence-corrected chi connectivity index (χ3v) is 5.03. The summed E-state index contributed by atoms with van der Waals surface area (Å²) in [5, 5.41) is 5.00. The van der Waals surface area contributed by atoms with E-state index in [9.17, 15) is 9.59 Å². The van der Waals surface area contributed by atoms with Gasteiger partial charge in [-0.2, -0.15) is 5.10 Å². The van der Waals surface area contributed by atoms with Crippen molar-refractivity contribution < 1.29 is 9.59 Å². The van der Waals surface area contributed by atoms with E-state index >= 15 is 0 Å². The Labute approximate surface area is 167 Å². The lowest BCUT2D eigenvalue weighted by molar-refractivity contribution is 0.0532. The molecule has 1 fully saturated rings. The number of benzene rings is 2. The number of carbonyl (C=O) groups excluding carboxylic acids is 2.